The number of nitrogens with zero attached hydrogens (tertiary/aromatic N) is 1. The average Bonchev–Trinajstić information content (AvgIpc) is 2.60. The van der Waals surface area contributed by atoms with E-state index in [0.717, 1.165) is 0 Å². The number of rotatable bonds is 1. The van der Waals surface area contributed by atoms with E-state index < -0.39 is 21.3 Å². The number of Topliss-reactive ketones (excluding diaryl/α,β-unsaturated/α-hetero) is 1. The molecular weight excluding hydrogens is 300 g/mol. The molecule has 0 atom stereocenters. The van der Waals surface area contributed by atoms with Gasteiger partial charge in [0.15, 0.2) is 0 Å². The Morgan fingerprint density at radius 1 is 1.28 bits per heavy atom. The van der Waals surface area contributed by atoms with E-state index in [-0.39, 0.29) is 0 Å². The molecule has 0 saturated heterocycles. The lowest BCUT2D eigenvalue weighted by Crippen LogP contribution is -2.32. The lowest BCUT2D eigenvalue weighted by molar-refractivity contribution is -0.114. The molecule has 7 heteroatoms. The first kappa shape index (κ1) is 15.6. The molecular formula is C11H14Cl3NO3. The van der Waals surface area contributed by atoms with E-state index in [1.165, 1.54) is 11.1 Å². The van der Waals surface area contributed by atoms with Gasteiger partial charge in [-0.15, -0.1) is 0 Å². The Bertz CT molecular complexity index is 393. The van der Waals surface area contributed by atoms with Gasteiger partial charge in [-0.05, 0) is 27.2 Å². The van der Waals surface area contributed by atoms with Crippen molar-refractivity contribution in [2.45, 2.75) is 36.6 Å². The summed E-state index contributed by atoms with van der Waals surface area (Å²) in [5, 5.41) is 0. The van der Waals surface area contributed by atoms with Gasteiger partial charge in [0.2, 0.25) is 5.78 Å². The van der Waals surface area contributed by atoms with Gasteiger partial charge in [-0.1, -0.05) is 34.8 Å². The highest BCUT2D eigenvalue weighted by Gasteiger charge is 2.36. The van der Waals surface area contributed by atoms with E-state index in [9.17, 15) is 9.59 Å². The standard InChI is InChI=1S/C11H14Cl3NO3/c1-10(2,3)18-9(17)15-5-4-7(6-15)8(16)11(12,13)14/h6H,4-5H2,1-3H3. The molecule has 18 heavy (non-hydrogen) atoms. The van der Waals surface area contributed by atoms with Crippen molar-refractivity contribution in [2.24, 2.45) is 0 Å². The number of carbonyl (C=O) groups is 2. The Kier molecular flexibility index (Phi) is 4.57. The third-order valence-corrected chi connectivity index (χ3v) is 2.63. The first-order valence-corrected chi connectivity index (χ1v) is 6.46. The zero-order valence-corrected chi connectivity index (χ0v) is 12.6. The maximum atomic E-state index is 11.7. The van der Waals surface area contributed by atoms with Gasteiger partial charge in [0.25, 0.3) is 3.79 Å². The zero-order valence-electron chi connectivity index (χ0n) is 10.3. The molecule has 0 saturated carbocycles. The van der Waals surface area contributed by atoms with Crippen LogP contribution in [0.15, 0.2) is 11.8 Å². The normalized spacial score (nSPS) is 16.6. The Morgan fingerprint density at radius 3 is 2.28 bits per heavy atom. The van der Waals surface area contributed by atoms with Crippen LogP contribution in [0.2, 0.25) is 0 Å². The lowest BCUT2D eigenvalue weighted by atomic mass is 10.2. The molecule has 1 aliphatic heterocycles. The fourth-order valence-corrected chi connectivity index (χ4v) is 1.74. The number of alkyl halides is 3. The second-order valence-electron chi connectivity index (χ2n) is 4.90. The predicted molar refractivity (Wildman–Crippen MR) is 70.9 cm³/mol. The molecule has 102 valence electrons. The minimum Gasteiger partial charge on any atom is -0.443 e. The van der Waals surface area contributed by atoms with Crippen molar-refractivity contribution < 1.29 is 14.3 Å². The Hall–Kier alpha value is -0.450. The largest absolute Gasteiger partial charge is 0.443 e. The Labute approximate surface area is 121 Å². The van der Waals surface area contributed by atoms with E-state index in [4.69, 9.17) is 39.5 Å². The second kappa shape index (κ2) is 5.27. The highest BCUT2D eigenvalue weighted by Crippen LogP contribution is 2.33. The maximum absolute atomic E-state index is 11.7. The Balaban J connectivity index is 2.72. The topological polar surface area (TPSA) is 46.6 Å². The summed E-state index contributed by atoms with van der Waals surface area (Å²) in [6.07, 6.45) is 1.21. The molecule has 0 fully saturated rings. The molecule has 4 nitrogen and oxygen atoms in total. The van der Waals surface area contributed by atoms with Gasteiger partial charge in [0, 0.05) is 18.3 Å². The highest BCUT2D eigenvalue weighted by molar-refractivity contribution is 6.77. The molecule has 1 aliphatic rings. The summed E-state index contributed by atoms with van der Waals surface area (Å²) in [5.41, 5.74) is -0.284. The van der Waals surface area contributed by atoms with Crippen LogP contribution in [0, 0.1) is 0 Å². The number of amides is 1. The van der Waals surface area contributed by atoms with E-state index in [1.807, 2.05) is 0 Å². The van der Waals surface area contributed by atoms with Crippen LogP contribution in [0.5, 0.6) is 0 Å². The number of hydrogen-bond acceptors (Lipinski definition) is 3. The molecule has 0 aromatic heterocycles. The molecule has 0 bridgehead atoms. The molecule has 0 spiro atoms. The van der Waals surface area contributed by atoms with Crippen LogP contribution in [-0.2, 0) is 9.53 Å². The summed E-state index contributed by atoms with van der Waals surface area (Å²) in [4.78, 5) is 24.7. The van der Waals surface area contributed by atoms with Crippen LogP contribution in [0.1, 0.15) is 27.2 Å². The van der Waals surface area contributed by atoms with Gasteiger partial charge >= 0.3 is 6.09 Å². The van der Waals surface area contributed by atoms with E-state index >= 15 is 0 Å². The SMILES string of the molecule is CC(C)(C)OC(=O)N1C=C(C(=O)C(Cl)(Cl)Cl)CC1. The summed E-state index contributed by atoms with van der Waals surface area (Å²) < 4.78 is 3.18. The Morgan fingerprint density at radius 2 is 1.83 bits per heavy atom. The van der Waals surface area contributed by atoms with Crippen molar-refractivity contribution in [1.82, 2.24) is 4.90 Å². The van der Waals surface area contributed by atoms with Gasteiger partial charge in [-0.3, -0.25) is 9.69 Å². The lowest BCUT2D eigenvalue weighted by Gasteiger charge is -2.23. The van der Waals surface area contributed by atoms with Crippen LogP contribution >= 0.6 is 34.8 Å². The second-order valence-corrected chi connectivity index (χ2v) is 7.19. The monoisotopic (exact) mass is 313 g/mol. The molecule has 1 amide bonds. The maximum Gasteiger partial charge on any atom is 0.414 e. The molecule has 1 rings (SSSR count). The summed E-state index contributed by atoms with van der Waals surface area (Å²) in [5.74, 6) is -0.612. The summed E-state index contributed by atoms with van der Waals surface area (Å²) in [6.45, 7) is 5.63. The zero-order chi connectivity index (χ0) is 14.1. The van der Waals surface area contributed by atoms with Crippen molar-refractivity contribution in [3.8, 4) is 0 Å². The van der Waals surface area contributed by atoms with Crippen LogP contribution in [-0.4, -0.2) is 32.7 Å². The van der Waals surface area contributed by atoms with Crippen molar-refractivity contribution in [2.75, 3.05) is 6.54 Å². The van der Waals surface area contributed by atoms with Crippen molar-refractivity contribution in [1.29, 1.82) is 0 Å². The molecule has 0 N–H and O–H groups in total. The smallest absolute Gasteiger partial charge is 0.414 e. The average molecular weight is 315 g/mol. The number of hydrogen-bond donors (Lipinski definition) is 0. The number of carbonyl (C=O) groups excluding carboxylic acids is 2. The third-order valence-electron chi connectivity index (χ3n) is 2.11. The van der Waals surface area contributed by atoms with Crippen LogP contribution in [0.3, 0.4) is 0 Å². The quantitative estimate of drug-likeness (QED) is 0.696. The van der Waals surface area contributed by atoms with Crippen LogP contribution in [0.25, 0.3) is 0 Å². The molecule has 0 radical (unpaired) electrons. The summed E-state index contributed by atoms with van der Waals surface area (Å²) in [6, 6.07) is 0. The fraction of sp³-hybridized carbons (Fsp3) is 0.636. The summed E-state index contributed by atoms with van der Waals surface area (Å²) in [7, 11) is 0. The van der Waals surface area contributed by atoms with Gasteiger partial charge in [-0.25, -0.2) is 4.79 Å². The predicted octanol–water partition coefficient (Wildman–Crippen LogP) is 3.45. The van der Waals surface area contributed by atoms with E-state index in [1.54, 1.807) is 20.8 Å². The van der Waals surface area contributed by atoms with Gasteiger partial charge in [0.1, 0.15) is 5.60 Å². The van der Waals surface area contributed by atoms with Gasteiger partial charge in [-0.2, -0.15) is 0 Å². The summed E-state index contributed by atoms with van der Waals surface area (Å²) >= 11 is 16.5. The minimum absolute atomic E-state index is 0.306. The van der Waals surface area contributed by atoms with Crippen molar-refractivity contribution in [3.63, 3.8) is 0 Å². The first-order chi connectivity index (χ1) is 8.00. The number of halogens is 3. The molecule has 0 unspecified atom stereocenters. The van der Waals surface area contributed by atoms with Crippen molar-refractivity contribution >= 4 is 46.7 Å². The highest BCUT2D eigenvalue weighted by atomic mass is 35.6. The molecule has 0 aliphatic carbocycles. The molecule has 0 aromatic carbocycles. The van der Waals surface area contributed by atoms with Gasteiger partial charge < -0.3 is 4.74 Å². The van der Waals surface area contributed by atoms with Gasteiger partial charge in [0.05, 0.1) is 0 Å². The molecule has 1 heterocycles. The van der Waals surface area contributed by atoms with Crippen LogP contribution < -0.4 is 0 Å². The third kappa shape index (κ3) is 4.34. The van der Waals surface area contributed by atoms with E-state index in [0.29, 0.717) is 18.5 Å². The van der Waals surface area contributed by atoms with Crippen LogP contribution in [0.4, 0.5) is 4.79 Å². The molecule has 0 aromatic rings. The van der Waals surface area contributed by atoms with E-state index in [2.05, 4.69) is 0 Å². The van der Waals surface area contributed by atoms with Crippen molar-refractivity contribution in [3.05, 3.63) is 11.8 Å². The number of ether oxygens (including phenoxy) is 1. The number of ketones is 1. The first-order valence-electron chi connectivity index (χ1n) is 5.32. The minimum atomic E-state index is -1.99. The fourth-order valence-electron chi connectivity index (χ4n) is 1.38.